The number of carbonyl (C=O) groups excluding carboxylic acids is 1. The van der Waals surface area contributed by atoms with E-state index in [1.54, 1.807) is 0 Å². The first-order valence-corrected chi connectivity index (χ1v) is 15.3. The van der Waals surface area contributed by atoms with Gasteiger partial charge in [0.25, 0.3) is 0 Å². The van der Waals surface area contributed by atoms with Gasteiger partial charge in [0.05, 0.1) is 31.0 Å². The molecular formula is C34H38N6O2S. The van der Waals surface area contributed by atoms with Crippen LogP contribution < -0.4 is 20.4 Å². The third-order valence-electron chi connectivity index (χ3n) is 8.45. The predicted molar refractivity (Wildman–Crippen MR) is 176 cm³/mol. The molecule has 8 nitrogen and oxygen atoms in total. The molecule has 222 valence electrons. The highest BCUT2D eigenvalue weighted by molar-refractivity contribution is 7.80. The van der Waals surface area contributed by atoms with Crippen LogP contribution in [0.15, 0.2) is 72.9 Å². The van der Waals surface area contributed by atoms with Crippen LogP contribution in [0, 0.1) is 20.8 Å². The van der Waals surface area contributed by atoms with Crippen molar-refractivity contribution in [1.29, 1.82) is 0 Å². The number of anilines is 3. The number of ether oxygens (including phenoxy) is 1. The Morgan fingerprint density at radius 1 is 1.00 bits per heavy atom. The molecule has 0 aliphatic carbocycles. The second kappa shape index (κ2) is 12.2. The fourth-order valence-electron chi connectivity index (χ4n) is 6.24. The van der Waals surface area contributed by atoms with Crippen molar-refractivity contribution in [2.45, 2.75) is 46.2 Å². The maximum Gasteiger partial charge on any atom is 0.224 e. The van der Waals surface area contributed by atoms with Gasteiger partial charge in [-0.05, 0) is 105 Å². The number of morpholine rings is 1. The zero-order valence-electron chi connectivity index (χ0n) is 25.1. The first-order chi connectivity index (χ1) is 20.9. The van der Waals surface area contributed by atoms with Gasteiger partial charge in [-0.2, -0.15) is 0 Å². The zero-order valence-corrected chi connectivity index (χ0v) is 25.9. The monoisotopic (exact) mass is 594 g/mol. The van der Waals surface area contributed by atoms with E-state index in [9.17, 15) is 4.79 Å². The molecule has 2 aliphatic rings. The van der Waals surface area contributed by atoms with Gasteiger partial charge in [-0.15, -0.1) is 0 Å². The maximum atomic E-state index is 12.1. The molecule has 4 aromatic rings. The Hall–Kier alpha value is -4.21. The predicted octanol–water partition coefficient (Wildman–Crippen LogP) is 6.16. The van der Waals surface area contributed by atoms with Gasteiger partial charge >= 0.3 is 0 Å². The Morgan fingerprint density at radius 2 is 1.72 bits per heavy atom. The minimum Gasteiger partial charge on any atom is -0.378 e. The summed E-state index contributed by atoms with van der Waals surface area (Å²) in [6.07, 6.45) is 2.26. The van der Waals surface area contributed by atoms with E-state index in [0.29, 0.717) is 11.5 Å². The first kappa shape index (κ1) is 28.9. The van der Waals surface area contributed by atoms with E-state index in [2.05, 4.69) is 81.3 Å². The molecule has 4 heterocycles. The number of nitrogens with zero attached hydrogens (tertiary/aromatic N) is 4. The molecular weight excluding hydrogens is 556 g/mol. The topological polar surface area (TPSA) is 74.7 Å². The number of pyridine rings is 1. The standard InChI is InChI=1S/C34H38N6O2S/c1-5-31(41)36-29-14-13-27(20-22(29)2)40-33(32(37-34(40)43)30-8-6-7-15-35-30)28-21-23(3)39(24(28)4)26-11-9-25(10-12-26)38-16-18-42-19-17-38/h6-15,20-21,32-33H,5,16-19H2,1-4H3,(H,36,41)(H,37,43)/t32-,33-/m0/s1. The Balaban J connectivity index is 1.40. The molecule has 43 heavy (non-hydrogen) atoms. The smallest absolute Gasteiger partial charge is 0.224 e. The molecule has 0 spiro atoms. The van der Waals surface area contributed by atoms with Gasteiger partial charge in [0, 0.05) is 59.8 Å². The molecule has 0 unspecified atom stereocenters. The number of nitrogens with one attached hydrogen (secondary N) is 2. The average molecular weight is 595 g/mol. The summed E-state index contributed by atoms with van der Waals surface area (Å²) in [5.41, 5.74) is 9.51. The van der Waals surface area contributed by atoms with Gasteiger partial charge in [-0.3, -0.25) is 9.78 Å². The highest BCUT2D eigenvalue weighted by Crippen LogP contribution is 2.44. The van der Waals surface area contributed by atoms with Gasteiger partial charge in [0.15, 0.2) is 5.11 Å². The fraction of sp³-hybridized carbons (Fsp3) is 0.324. The Kier molecular flexibility index (Phi) is 8.19. The number of benzene rings is 2. The van der Waals surface area contributed by atoms with Crippen molar-refractivity contribution in [1.82, 2.24) is 14.9 Å². The summed E-state index contributed by atoms with van der Waals surface area (Å²) in [5, 5.41) is 7.23. The SMILES string of the molecule is CCC(=O)Nc1ccc(N2C(=S)N[C@@H](c3ccccn3)[C@@H]2c2cc(C)n(-c3ccc(N4CCOCC4)cc3)c2C)cc1C. The van der Waals surface area contributed by atoms with E-state index >= 15 is 0 Å². The Bertz CT molecular complexity index is 1630. The van der Waals surface area contributed by atoms with Crippen molar-refractivity contribution < 1.29 is 9.53 Å². The van der Waals surface area contributed by atoms with Gasteiger partial charge in [0.1, 0.15) is 0 Å². The molecule has 1 amide bonds. The van der Waals surface area contributed by atoms with Crippen LogP contribution in [0.4, 0.5) is 17.1 Å². The molecule has 2 atom stereocenters. The average Bonchev–Trinajstić information content (AvgIpc) is 3.53. The van der Waals surface area contributed by atoms with Gasteiger partial charge in [-0.1, -0.05) is 13.0 Å². The maximum absolute atomic E-state index is 12.1. The van der Waals surface area contributed by atoms with Crippen LogP contribution in [0.1, 0.15) is 53.6 Å². The lowest BCUT2D eigenvalue weighted by Gasteiger charge is -2.29. The van der Waals surface area contributed by atoms with E-state index in [0.717, 1.165) is 66.0 Å². The van der Waals surface area contributed by atoms with Gasteiger partial charge in [-0.25, -0.2) is 0 Å². The van der Waals surface area contributed by atoms with E-state index in [1.165, 1.54) is 11.3 Å². The number of rotatable bonds is 7. The van der Waals surface area contributed by atoms with Crippen LogP contribution in [-0.4, -0.2) is 46.9 Å². The molecule has 2 aromatic heterocycles. The molecule has 2 aliphatic heterocycles. The van der Waals surface area contributed by atoms with E-state index in [4.69, 9.17) is 21.9 Å². The summed E-state index contributed by atoms with van der Waals surface area (Å²) in [7, 11) is 0. The molecule has 2 saturated heterocycles. The number of aromatic nitrogens is 2. The number of hydrogen-bond acceptors (Lipinski definition) is 5. The van der Waals surface area contributed by atoms with Crippen LogP contribution in [0.3, 0.4) is 0 Å². The highest BCUT2D eigenvalue weighted by Gasteiger charge is 2.42. The van der Waals surface area contributed by atoms with Crippen LogP contribution >= 0.6 is 12.2 Å². The van der Waals surface area contributed by atoms with Crippen molar-refractivity contribution >= 4 is 40.3 Å². The Morgan fingerprint density at radius 3 is 2.40 bits per heavy atom. The molecule has 0 radical (unpaired) electrons. The van der Waals surface area contributed by atoms with Crippen molar-refractivity contribution in [2.24, 2.45) is 0 Å². The summed E-state index contributed by atoms with van der Waals surface area (Å²) < 4.78 is 7.85. The second-order valence-electron chi connectivity index (χ2n) is 11.2. The number of amides is 1. The van der Waals surface area contributed by atoms with Crippen LogP contribution in [0.5, 0.6) is 0 Å². The van der Waals surface area contributed by atoms with Gasteiger partial charge < -0.3 is 29.7 Å². The molecule has 9 heteroatoms. The highest BCUT2D eigenvalue weighted by atomic mass is 32.1. The van der Waals surface area contributed by atoms with Crippen molar-refractivity contribution in [3.8, 4) is 5.69 Å². The Labute approximate surface area is 258 Å². The summed E-state index contributed by atoms with van der Waals surface area (Å²) in [4.78, 5) is 21.4. The minimum atomic E-state index is -0.147. The summed E-state index contributed by atoms with van der Waals surface area (Å²) in [5.74, 6) is -0.00674. The number of thiocarbonyl (C=S) groups is 1. The number of carbonyl (C=O) groups is 1. The van der Waals surface area contributed by atoms with E-state index in [1.807, 2.05) is 44.3 Å². The van der Waals surface area contributed by atoms with Crippen LogP contribution in [0.2, 0.25) is 0 Å². The largest absolute Gasteiger partial charge is 0.378 e. The first-order valence-electron chi connectivity index (χ1n) is 14.9. The number of hydrogen-bond donors (Lipinski definition) is 2. The lowest BCUT2D eigenvalue weighted by atomic mass is 9.96. The van der Waals surface area contributed by atoms with Crippen molar-refractivity contribution in [3.63, 3.8) is 0 Å². The van der Waals surface area contributed by atoms with Crippen LogP contribution in [0.25, 0.3) is 5.69 Å². The summed E-state index contributed by atoms with van der Waals surface area (Å²) >= 11 is 5.99. The number of aryl methyl sites for hydroxylation is 2. The van der Waals surface area contributed by atoms with Crippen molar-refractivity contribution in [3.05, 3.63) is 101 Å². The lowest BCUT2D eigenvalue weighted by Crippen LogP contribution is -2.36. The fourth-order valence-corrected chi connectivity index (χ4v) is 6.59. The molecule has 6 rings (SSSR count). The molecule has 2 fully saturated rings. The minimum absolute atomic E-state index is 0.00674. The normalized spacial score (nSPS) is 18.6. The second-order valence-corrected chi connectivity index (χ2v) is 11.6. The van der Waals surface area contributed by atoms with E-state index in [-0.39, 0.29) is 18.0 Å². The molecule has 2 N–H and O–H groups in total. The third kappa shape index (κ3) is 5.62. The lowest BCUT2D eigenvalue weighted by molar-refractivity contribution is -0.115. The zero-order chi connectivity index (χ0) is 30.1. The third-order valence-corrected chi connectivity index (χ3v) is 8.77. The summed E-state index contributed by atoms with van der Waals surface area (Å²) in [6.45, 7) is 11.6. The molecule has 0 bridgehead atoms. The summed E-state index contributed by atoms with van der Waals surface area (Å²) in [6, 6.07) is 22.9. The van der Waals surface area contributed by atoms with Gasteiger partial charge in [0.2, 0.25) is 5.91 Å². The molecule has 2 aromatic carbocycles. The van der Waals surface area contributed by atoms with Crippen LogP contribution in [-0.2, 0) is 9.53 Å². The van der Waals surface area contributed by atoms with Crippen molar-refractivity contribution in [2.75, 3.05) is 41.4 Å². The quantitative estimate of drug-likeness (QED) is 0.248. The molecule has 0 saturated carbocycles. The van der Waals surface area contributed by atoms with E-state index < -0.39 is 0 Å².